The summed E-state index contributed by atoms with van der Waals surface area (Å²) in [5.41, 5.74) is 1.46. The van der Waals surface area contributed by atoms with Crippen LogP contribution in [0.3, 0.4) is 0 Å². The normalized spacial score (nSPS) is 10.8. The van der Waals surface area contributed by atoms with Crippen molar-refractivity contribution >= 4 is 34.2 Å². The van der Waals surface area contributed by atoms with Gasteiger partial charge in [-0.25, -0.2) is 4.98 Å². The van der Waals surface area contributed by atoms with E-state index in [0.29, 0.717) is 22.3 Å². The Bertz CT molecular complexity index is 765. The molecule has 1 aromatic carbocycles. The van der Waals surface area contributed by atoms with Gasteiger partial charge in [-0.1, -0.05) is 36.5 Å². The molecule has 126 valence electrons. The smallest absolute Gasteiger partial charge is 0.250 e. The van der Waals surface area contributed by atoms with Crippen LogP contribution in [-0.4, -0.2) is 23.3 Å². The number of carbonyl (C=O) groups is 2. The van der Waals surface area contributed by atoms with E-state index in [1.807, 2.05) is 31.2 Å². The topological polar surface area (TPSA) is 68.3 Å². The molecule has 1 N–H and O–H groups in total. The first-order chi connectivity index (χ1) is 11.5. The molecular weight excluding hydrogens is 324 g/mol. The Morgan fingerprint density at radius 1 is 1.33 bits per heavy atom. The van der Waals surface area contributed by atoms with Gasteiger partial charge in [0.25, 0.3) is 0 Å². The van der Waals surface area contributed by atoms with Crippen LogP contribution in [-0.2, 0) is 4.79 Å². The number of Topliss-reactive ketones (excluding diaryl/α,β-unsaturated/α-hetero) is 1. The molecule has 0 atom stereocenters. The molecule has 0 unspecified atom stereocenters. The number of rotatable bonds is 7. The summed E-state index contributed by atoms with van der Waals surface area (Å²) in [7, 11) is 0. The Hall–Kier alpha value is -2.47. The largest absolute Gasteiger partial charge is 0.493 e. The first-order valence-corrected chi connectivity index (χ1v) is 8.52. The minimum Gasteiger partial charge on any atom is -0.493 e. The predicted octanol–water partition coefficient (Wildman–Crippen LogP) is 4.09. The van der Waals surface area contributed by atoms with Crippen LogP contribution >= 0.6 is 11.3 Å². The minimum atomic E-state index is -0.302. The van der Waals surface area contributed by atoms with Gasteiger partial charge in [-0.15, -0.1) is 0 Å². The molecule has 2 aromatic rings. The van der Waals surface area contributed by atoms with Gasteiger partial charge in [0.05, 0.1) is 17.2 Å². The molecule has 5 nitrogen and oxygen atoms in total. The van der Waals surface area contributed by atoms with E-state index in [4.69, 9.17) is 4.74 Å². The zero-order valence-electron chi connectivity index (χ0n) is 14.0. The summed E-state index contributed by atoms with van der Waals surface area (Å²) in [4.78, 5) is 28.2. The Labute approximate surface area is 145 Å². The number of para-hydroxylation sites is 1. The number of amides is 1. The van der Waals surface area contributed by atoms with E-state index < -0.39 is 0 Å². The van der Waals surface area contributed by atoms with Crippen molar-refractivity contribution in [1.29, 1.82) is 0 Å². The van der Waals surface area contributed by atoms with E-state index in [1.165, 1.54) is 24.3 Å². The van der Waals surface area contributed by atoms with E-state index in [1.54, 1.807) is 13.0 Å². The number of nitrogens with zero attached hydrogens (tertiary/aromatic N) is 1. The number of carbonyl (C=O) groups excluding carboxylic acids is 2. The molecule has 6 heteroatoms. The van der Waals surface area contributed by atoms with Crippen LogP contribution < -0.4 is 10.1 Å². The number of aryl methyl sites for hydroxylation is 1. The standard InChI is InChI=1S/C18H20N2O3S/c1-4-11-23-15-8-6-5-7-14(15)9-10-16(22)20-18-19-12(2)17(24-18)13(3)21/h5-10H,4,11H2,1-3H3,(H,19,20,22)/b10-9+. The van der Waals surface area contributed by atoms with Crippen molar-refractivity contribution in [2.75, 3.05) is 11.9 Å². The van der Waals surface area contributed by atoms with Crippen molar-refractivity contribution in [2.24, 2.45) is 0 Å². The summed E-state index contributed by atoms with van der Waals surface area (Å²) in [5.74, 6) is 0.388. The van der Waals surface area contributed by atoms with E-state index in [9.17, 15) is 9.59 Å². The molecule has 1 amide bonds. The molecule has 0 fully saturated rings. The predicted molar refractivity (Wildman–Crippen MR) is 96.7 cm³/mol. The molecule has 0 spiro atoms. The number of anilines is 1. The van der Waals surface area contributed by atoms with Gasteiger partial charge in [0.15, 0.2) is 10.9 Å². The second kappa shape index (κ2) is 8.40. The summed E-state index contributed by atoms with van der Waals surface area (Å²) in [6.45, 7) is 5.90. The highest BCUT2D eigenvalue weighted by Gasteiger charge is 2.12. The van der Waals surface area contributed by atoms with Crippen LogP contribution in [0.2, 0.25) is 0 Å². The Balaban J connectivity index is 2.06. The van der Waals surface area contributed by atoms with E-state index in [0.717, 1.165) is 17.7 Å². The van der Waals surface area contributed by atoms with Crippen molar-refractivity contribution in [3.05, 3.63) is 46.5 Å². The molecule has 0 aliphatic carbocycles. The minimum absolute atomic E-state index is 0.0527. The maximum Gasteiger partial charge on any atom is 0.250 e. The molecule has 2 rings (SSSR count). The lowest BCUT2D eigenvalue weighted by Gasteiger charge is -2.07. The summed E-state index contributed by atoms with van der Waals surface area (Å²) in [5, 5.41) is 3.10. The third-order valence-electron chi connectivity index (χ3n) is 3.14. The van der Waals surface area contributed by atoms with Crippen molar-refractivity contribution in [1.82, 2.24) is 4.98 Å². The van der Waals surface area contributed by atoms with Crippen LogP contribution in [0, 0.1) is 6.92 Å². The van der Waals surface area contributed by atoms with E-state index in [2.05, 4.69) is 10.3 Å². The quantitative estimate of drug-likeness (QED) is 0.606. The second-order valence-corrected chi connectivity index (χ2v) is 6.20. The first kappa shape index (κ1) is 17.9. The number of aromatic nitrogens is 1. The average molecular weight is 344 g/mol. The second-order valence-electron chi connectivity index (χ2n) is 5.20. The summed E-state index contributed by atoms with van der Waals surface area (Å²) >= 11 is 1.18. The molecule has 1 aromatic heterocycles. The highest BCUT2D eigenvalue weighted by Crippen LogP contribution is 2.23. The maximum atomic E-state index is 12.0. The average Bonchev–Trinajstić information content (AvgIpc) is 2.92. The van der Waals surface area contributed by atoms with Crippen molar-refractivity contribution in [3.63, 3.8) is 0 Å². The van der Waals surface area contributed by atoms with Gasteiger partial charge in [-0.05, 0) is 25.5 Å². The SMILES string of the molecule is CCCOc1ccccc1/C=C/C(=O)Nc1nc(C)c(C(C)=O)s1. The number of benzene rings is 1. The zero-order chi connectivity index (χ0) is 17.5. The van der Waals surface area contributed by atoms with Gasteiger partial charge in [-0.2, -0.15) is 0 Å². The number of hydrogen-bond donors (Lipinski definition) is 1. The number of hydrogen-bond acceptors (Lipinski definition) is 5. The molecule has 0 saturated carbocycles. The van der Waals surface area contributed by atoms with Crippen LogP contribution in [0.25, 0.3) is 6.08 Å². The number of nitrogens with one attached hydrogen (secondary N) is 1. The highest BCUT2D eigenvalue weighted by molar-refractivity contribution is 7.17. The molecule has 0 aliphatic rings. The van der Waals surface area contributed by atoms with Gasteiger partial charge in [0, 0.05) is 18.6 Å². The van der Waals surface area contributed by atoms with Crippen molar-refractivity contribution in [2.45, 2.75) is 27.2 Å². The summed E-state index contributed by atoms with van der Waals surface area (Å²) in [6, 6.07) is 7.54. The van der Waals surface area contributed by atoms with Gasteiger partial charge in [0.1, 0.15) is 5.75 Å². The third kappa shape index (κ3) is 4.76. The lowest BCUT2D eigenvalue weighted by atomic mass is 10.2. The number of ether oxygens (including phenoxy) is 1. The Morgan fingerprint density at radius 2 is 2.08 bits per heavy atom. The van der Waals surface area contributed by atoms with Crippen LogP contribution in [0.15, 0.2) is 30.3 Å². The van der Waals surface area contributed by atoms with Crippen LogP contribution in [0.5, 0.6) is 5.75 Å². The van der Waals surface area contributed by atoms with Gasteiger partial charge in [0.2, 0.25) is 5.91 Å². The Morgan fingerprint density at radius 3 is 2.75 bits per heavy atom. The molecule has 0 bridgehead atoms. The van der Waals surface area contributed by atoms with Gasteiger partial charge < -0.3 is 4.74 Å². The fourth-order valence-corrected chi connectivity index (χ4v) is 2.92. The van der Waals surface area contributed by atoms with Crippen LogP contribution in [0.1, 0.15) is 41.2 Å². The lowest BCUT2D eigenvalue weighted by Crippen LogP contribution is -2.07. The van der Waals surface area contributed by atoms with E-state index >= 15 is 0 Å². The first-order valence-electron chi connectivity index (χ1n) is 7.70. The van der Waals surface area contributed by atoms with Crippen LogP contribution in [0.4, 0.5) is 5.13 Å². The van der Waals surface area contributed by atoms with Gasteiger partial charge in [-0.3, -0.25) is 14.9 Å². The molecule has 24 heavy (non-hydrogen) atoms. The molecular formula is C18H20N2O3S. The molecule has 0 radical (unpaired) electrons. The monoisotopic (exact) mass is 344 g/mol. The number of thiazole rings is 1. The van der Waals surface area contributed by atoms with E-state index in [-0.39, 0.29) is 11.7 Å². The fourth-order valence-electron chi connectivity index (χ4n) is 2.05. The Kier molecular flexibility index (Phi) is 6.26. The molecule has 0 aliphatic heterocycles. The molecule has 0 saturated heterocycles. The zero-order valence-corrected chi connectivity index (χ0v) is 14.8. The van der Waals surface area contributed by atoms with Gasteiger partial charge >= 0.3 is 0 Å². The fraction of sp³-hybridized carbons (Fsp3) is 0.278. The van der Waals surface area contributed by atoms with Crippen molar-refractivity contribution < 1.29 is 14.3 Å². The summed E-state index contributed by atoms with van der Waals surface area (Å²) < 4.78 is 5.65. The highest BCUT2D eigenvalue weighted by atomic mass is 32.1. The molecule has 1 heterocycles. The maximum absolute atomic E-state index is 12.0. The third-order valence-corrected chi connectivity index (χ3v) is 4.32. The lowest BCUT2D eigenvalue weighted by molar-refractivity contribution is -0.111. The summed E-state index contributed by atoms with van der Waals surface area (Å²) in [6.07, 6.45) is 4.05. The van der Waals surface area contributed by atoms with Crippen molar-refractivity contribution in [3.8, 4) is 5.75 Å². The number of ketones is 1.